The molecule has 0 aliphatic rings. The largest absolute Gasteiger partial charge is 0.376 e. The Morgan fingerprint density at radius 2 is 2.00 bits per heavy atom. The quantitative estimate of drug-likeness (QED) is 0.853. The van der Waals surface area contributed by atoms with Crippen LogP contribution < -0.4 is 5.32 Å². The minimum atomic E-state index is -0.184. The van der Waals surface area contributed by atoms with Gasteiger partial charge in [0.2, 0.25) is 0 Å². The topological polar surface area (TPSA) is 21.3 Å². The maximum Gasteiger partial charge on any atom is 0.123 e. The SMILES string of the molecule is CCOC(C(Cc1cccc(F)c1)NC)C(C)(C)C. The van der Waals surface area contributed by atoms with E-state index in [2.05, 4.69) is 26.1 Å². The fourth-order valence-electron chi connectivity index (χ4n) is 2.43. The molecule has 2 atom stereocenters. The van der Waals surface area contributed by atoms with Gasteiger partial charge in [-0.2, -0.15) is 0 Å². The summed E-state index contributed by atoms with van der Waals surface area (Å²) in [5.74, 6) is -0.184. The number of benzene rings is 1. The van der Waals surface area contributed by atoms with Crippen molar-refractivity contribution in [3.8, 4) is 0 Å². The summed E-state index contributed by atoms with van der Waals surface area (Å²) in [4.78, 5) is 0. The highest BCUT2D eigenvalue weighted by molar-refractivity contribution is 5.18. The van der Waals surface area contributed by atoms with E-state index in [1.807, 2.05) is 20.0 Å². The number of halogens is 1. The molecule has 2 unspecified atom stereocenters. The molecule has 0 saturated heterocycles. The van der Waals surface area contributed by atoms with Crippen molar-refractivity contribution in [3.63, 3.8) is 0 Å². The van der Waals surface area contributed by atoms with Gasteiger partial charge < -0.3 is 10.1 Å². The van der Waals surface area contributed by atoms with Crippen molar-refractivity contribution < 1.29 is 9.13 Å². The fourth-order valence-corrected chi connectivity index (χ4v) is 2.43. The standard InChI is InChI=1S/C16H26FNO/c1-6-19-15(16(2,3)4)14(18-5)11-12-8-7-9-13(17)10-12/h7-10,14-15,18H,6,11H2,1-5H3. The summed E-state index contributed by atoms with van der Waals surface area (Å²) < 4.78 is 19.2. The molecule has 1 aromatic carbocycles. The van der Waals surface area contributed by atoms with E-state index in [4.69, 9.17) is 4.74 Å². The van der Waals surface area contributed by atoms with Gasteiger partial charge in [-0.15, -0.1) is 0 Å². The summed E-state index contributed by atoms with van der Waals surface area (Å²) in [6, 6.07) is 6.95. The molecule has 0 spiro atoms. The summed E-state index contributed by atoms with van der Waals surface area (Å²) in [5, 5.41) is 3.31. The van der Waals surface area contributed by atoms with Gasteiger partial charge in [0, 0.05) is 12.6 Å². The highest BCUT2D eigenvalue weighted by atomic mass is 19.1. The number of ether oxygens (including phenoxy) is 1. The Morgan fingerprint density at radius 3 is 2.47 bits per heavy atom. The molecule has 1 aromatic rings. The maximum absolute atomic E-state index is 13.3. The van der Waals surface area contributed by atoms with Crippen LogP contribution in [0, 0.1) is 11.2 Å². The molecule has 0 saturated carbocycles. The fraction of sp³-hybridized carbons (Fsp3) is 0.625. The molecular weight excluding hydrogens is 241 g/mol. The van der Waals surface area contributed by atoms with Crippen molar-refractivity contribution >= 4 is 0 Å². The molecule has 2 nitrogen and oxygen atoms in total. The van der Waals surface area contributed by atoms with Crippen LogP contribution in [0.1, 0.15) is 33.3 Å². The van der Waals surface area contributed by atoms with Gasteiger partial charge in [0.25, 0.3) is 0 Å². The average Bonchev–Trinajstić information content (AvgIpc) is 2.32. The first-order valence-electron chi connectivity index (χ1n) is 6.91. The minimum Gasteiger partial charge on any atom is -0.376 e. The number of rotatable bonds is 6. The lowest BCUT2D eigenvalue weighted by Crippen LogP contribution is -2.48. The van der Waals surface area contributed by atoms with Crippen LogP contribution in [0.2, 0.25) is 0 Å². The highest BCUT2D eigenvalue weighted by Gasteiger charge is 2.32. The first kappa shape index (κ1) is 16.1. The van der Waals surface area contributed by atoms with Crippen LogP contribution in [0.3, 0.4) is 0 Å². The smallest absolute Gasteiger partial charge is 0.123 e. The summed E-state index contributed by atoms with van der Waals surface area (Å²) >= 11 is 0. The van der Waals surface area contributed by atoms with Crippen molar-refractivity contribution in [2.75, 3.05) is 13.7 Å². The molecule has 0 bridgehead atoms. The third kappa shape index (κ3) is 4.92. The van der Waals surface area contributed by atoms with Crippen molar-refractivity contribution in [2.45, 2.75) is 46.3 Å². The molecule has 1 N–H and O–H groups in total. The molecule has 0 heterocycles. The zero-order valence-corrected chi connectivity index (χ0v) is 12.7. The number of hydrogen-bond acceptors (Lipinski definition) is 2. The van der Waals surface area contributed by atoms with E-state index >= 15 is 0 Å². The summed E-state index contributed by atoms with van der Waals surface area (Å²) in [6.45, 7) is 9.20. The van der Waals surface area contributed by atoms with Crippen molar-refractivity contribution in [1.29, 1.82) is 0 Å². The van der Waals surface area contributed by atoms with E-state index in [-0.39, 0.29) is 23.4 Å². The molecule has 0 aliphatic heterocycles. The number of hydrogen-bond donors (Lipinski definition) is 1. The van der Waals surface area contributed by atoms with Crippen molar-refractivity contribution in [3.05, 3.63) is 35.6 Å². The molecule has 19 heavy (non-hydrogen) atoms. The van der Waals surface area contributed by atoms with E-state index in [9.17, 15) is 4.39 Å². The van der Waals surface area contributed by atoms with Gasteiger partial charge in [0.15, 0.2) is 0 Å². The van der Waals surface area contributed by atoms with Crippen LogP contribution in [-0.4, -0.2) is 25.8 Å². The van der Waals surface area contributed by atoms with Crippen LogP contribution in [0.5, 0.6) is 0 Å². The number of likely N-dealkylation sites (N-methyl/N-ethyl adjacent to an activating group) is 1. The highest BCUT2D eigenvalue weighted by Crippen LogP contribution is 2.26. The van der Waals surface area contributed by atoms with Gasteiger partial charge in [-0.3, -0.25) is 0 Å². The second kappa shape index (κ2) is 7.01. The molecular formula is C16H26FNO. The molecule has 0 aromatic heterocycles. The van der Waals surface area contributed by atoms with Gasteiger partial charge in [-0.05, 0) is 43.5 Å². The first-order valence-corrected chi connectivity index (χ1v) is 6.91. The Bertz CT molecular complexity index is 387. The third-order valence-electron chi connectivity index (χ3n) is 3.28. The molecule has 0 amide bonds. The third-order valence-corrected chi connectivity index (χ3v) is 3.28. The number of nitrogens with one attached hydrogen (secondary N) is 1. The van der Waals surface area contributed by atoms with Gasteiger partial charge in [0.1, 0.15) is 5.82 Å². The van der Waals surface area contributed by atoms with E-state index in [1.165, 1.54) is 6.07 Å². The van der Waals surface area contributed by atoms with Gasteiger partial charge in [-0.1, -0.05) is 32.9 Å². The summed E-state index contributed by atoms with van der Waals surface area (Å²) in [6.07, 6.45) is 0.849. The van der Waals surface area contributed by atoms with Gasteiger partial charge >= 0.3 is 0 Å². The normalized spacial score (nSPS) is 15.3. The Morgan fingerprint density at radius 1 is 1.32 bits per heavy atom. The van der Waals surface area contributed by atoms with E-state index in [0.717, 1.165) is 12.0 Å². The lowest BCUT2D eigenvalue weighted by molar-refractivity contribution is -0.0340. The molecule has 0 radical (unpaired) electrons. The van der Waals surface area contributed by atoms with Crippen LogP contribution in [0.4, 0.5) is 4.39 Å². The lowest BCUT2D eigenvalue weighted by atomic mass is 9.82. The zero-order chi connectivity index (χ0) is 14.5. The van der Waals surface area contributed by atoms with Crippen LogP contribution >= 0.6 is 0 Å². The second-order valence-corrected chi connectivity index (χ2v) is 5.97. The lowest BCUT2D eigenvalue weighted by Gasteiger charge is -2.36. The summed E-state index contributed by atoms with van der Waals surface area (Å²) in [5.41, 5.74) is 1.03. The minimum absolute atomic E-state index is 0.0387. The Hall–Kier alpha value is -0.930. The van der Waals surface area contributed by atoms with E-state index in [0.29, 0.717) is 6.61 Å². The molecule has 108 valence electrons. The predicted octanol–water partition coefficient (Wildman–Crippen LogP) is 3.41. The van der Waals surface area contributed by atoms with E-state index in [1.54, 1.807) is 12.1 Å². The molecule has 0 aliphatic carbocycles. The zero-order valence-electron chi connectivity index (χ0n) is 12.7. The monoisotopic (exact) mass is 267 g/mol. The predicted molar refractivity (Wildman–Crippen MR) is 77.8 cm³/mol. The maximum atomic E-state index is 13.3. The second-order valence-electron chi connectivity index (χ2n) is 5.97. The molecule has 1 rings (SSSR count). The first-order chi connectivity index (χ1) is 8.88. The van der Waals surface area contributed by atoms with Crippen molar-refractivity contribution in [2.24, 2.45) is 5.41 Å². The van der Waals surface area contributed by atoms with Crippen molar-refractivity contribution in [1.82, 2.24) is 5.32 Å². The Kier molecular flexibility index (Phi) is 5.95. The van der Waals surface area contributed by atoms with E-state index < -0.39 is 0 Å². The summed E-state index contributed by atoms with van der Waals surface area (Å²) in [7, 11) is 1.93. The molecule has 3 heteroatoms. The Balaban J connectivity index is 2.86. The van der Waals surface area contributed by atoms with Gasteiger partial charge in [0.05, 0.1) is 6.10 Å². The van der Waals surface area contributed by atoms with Crippen LogP contribution in [0.15, 0.2) is 24.3 Å². The Labute approximate surface area is 116 Å². The molecule has 0 fully saturated rings. The van der Waals surface area contributed by atoms with Crippen LogP contribution in [0.25, 0.3) is 0 Å². The van der Waals surface area contributed by atoms with Gasteiger partial charge in [-0.25, -0.2) is 4.39 Å². The average molecular weight is 267 g/mol. The van der Waals surface area contributed by atoms with Crippen LogP contribution in [-0.2, 0) is 11.2 Å².